The molecule has 27 heavy (non-hydrogen) atoms. The van der Waals surface area contributed by atoms with Crippen LogP contribution >= 0.6 is 58.0 Å². The first kappa shape index (κ1) is 20.2. The number of ether oxygens (including phenoxy) is 1. The van der Waals surface area contributed by atoms with Crippen molar-refractivity contribution in [2.24, 2.45) is 0 Å². The summed E-state index contributed by atoms with van der Waals surface area (Å²) in [4.78, 5) is 0. The molecule has 3 aromatic carbocycles. The van der Waals surface area contributed by atoms with E-state index in [0.29, 0.717) is 16.5 Å². The van der Waals surface area contributed by atoms with Crippen LogP contribution in [0.2, 0.25) is 25.1 Å². The molecule has 0 radical (unpaired) electrons. The molecule has 0 aromatic heterocycles. The molecule has 0 fully saturated rings. The molecule has 0 unspecified atom stereocenters. The first-order chi connectivity index (χ1) is 12.7. The van der Waals surface area contributed by atoms with Gasteiger partial charge in [0.1, 0.15) is 11.5 Å². The number of aromatic hydroxyl groups is 2. The molecule has 140 valence electrons. The zero-order valence-corrected chi connectivity index (χ0v) is 17.2. The molecule has 3 rings (SSSR count). The Balaban J connectivity index is 1.87. The number of halogens is 5. The average molecular weight is 465 g/mol. The van der Waals surface area contributed by atoms with Gasteiger partial charge >= 0.3 is 0 Å². The van der Waals surface area contributed by atoms with Crippen LogP contribution < -0.4 is 4.74 Å². The molecule has 0 heterocycles. The molecule has 0 saturated carbocycles. The minimum absolute atomic E-state index is 0.0199. The van der Waals surface area contributed by atoms with Crippen LogP contribution in [0.15, 0.2) is 42.5 Å². The van der Waals surface area contributed by atoms with Gasteiger partial charge in [0.05, 0.1) is 25.1 Å². The molecule has 0 aliphatic heterocycles. The molecule has 3 nitrogen and oxygen atoms in total. The molecule has 0 saturated heterocycles. The normalized spacial score (nSPS) is 10.9. The minimum atomic E-state index is -0.231. The van der Waals surface area contributed by atoms with Crippen LogP contribution in [0, 0.1) is 0 Å². The van der Waals surface area contributed by atoms with E-state index in [-0.39, 0.29) is 38.1 Å². The van der Waals surface area contributed by atoms with E-state index in [2.05, 4.69) is 0 Å². The predicted octanol–water partition coefficient (Wildman–Crippen LogP) is 7.75. The van der Waals surface area contributed by atoms with E-state index < -0.39 is 0 Å². The number of hydrogen-bond acceptors (Lipinski definition) is 3. The Labute approximate surface area is 180 Å². The van der Waals surface area contributed by atoms with E-state index in [0.717, 1.165) is 11.1 Å². The van der Waals surface area contributed by atoms with Crippen molar-refractivity contribution in [3.05, 3.63) is 78.7 Å². The van der Waals surface area contributed by atoms with Crippen molar-refractivity contribution in [1.29, 1.82) is 0 Å². The fraction of sp³-hybridized carbons (Fsp3) is 0.0526. The van der Waals surface area contributed by atoms with Crippen LogP contribution in [-0.2, 0) is 6.42 Å². The van der Waals surface area contributed by atoms with Gasteiger partial charge in [-0.3, -0.25) is 0 Å². The second-order valence-corrected chi connectivity index (χ2v) is 7.72. The standard InChI is InChI=1S/C19H11Cl5O3/c20-12-4-9(1-2-17(12)25)3-10-5-15(23)19(16(24)6-10)27-11-7-13(21)18(26)14(22)8-11/h1-2,4-8,25-26H,3H2. The fourth-order valence-corrected chi connectivity index (χ4v) is 3.71. The van der Waals surface area contributed by atoms with Gasteiger partial charge in [-0.15, -0.1) is 0 Å². The van der Waals surface area contributed by atoms with Crippen LogP contribution in [0.25, 0.3) is 0 Å². The lowest BCUT2D eigenvalue weighted by molar-refractivity contribution is 0.465. The molecule has 2 N–H and O–H groups in total. The highest BCUT2D eigenvalue weighted by Crippen LogP contribution is 2.41. The quantitative estimate of drug-likeness (QED) is 0.415. The Kier molecular flexibility index (Phi) is 6.19. The SMILES string of the molecule is Oc1ccc(Cc2cc(Cl)c(Oc3cc(Cl)c(O)c(Cl)c3)c(Cl)c2)cc1Cl. The summed E-state index contributed by atoms with van der Waals surface area (Å²) in [5.74, 6) is 0.311. The van der Waals surface area contributed by atoms with Gasteiger partial charge in [-0.2, -0.15) is 0 Å². The molecule has 8 heteroatoms. The lowest BCUT2D eigenvalue weighted by atomic mass is 10.0. The summed E-state index contributed by atoms with van der Waals surface area (Å²) in [5, 5.41) is 20.1. The summed E-state index contributed by atoms with van der Waals surface area (Å²) in [6, 6.07) is 11.2. The van der Waals surface area contributed by atoms with E-state index in [1.807, 2.05) is 0 Å². The number of hydrogen-bond donors (Lipinski definition) is 2. The van der Waals surface area contributed by atoms with Crippen LogP contribution in [-0.4, -0.2) is 10.2 Å². The third-order valence-electron chi connectivity index (χ3n) is 3.69. The molecule has 0 atom stereocenters. The molecular formula is C19H11Cl5O3. The maximum absolute atomic E-state index is 9.62. The predicted molar refractivity (Wildman–Crippen MR) is 111 cm³/mol. The van der Waals surface area contributed by atoms with Gasteiger partial charge in [0.15, 0.2) is 11.5 Å². The van der Waals surface area contributed by atoms with E-state index in [4.69, 9.17) is 62.7 Å². The Morgan fingerprint density at radius 1 is 0.667 bits per heavy atom. The summed E-state index contributed by atoms with van der Waals surface area (Å²) in [7, 11) is 0. The molecule has 0 amide bonds. The van der Waals surface area contributed by atoms with Crippen molar-refractivity contribution in [2.45, 2.75) is 6.42 Å². The Morgan fingerprint density at radius 3 is 1.78 bits per heavy atom. The van der Waals surface area contributed by atoms with Crippen molar-refractivity contribution >= 4 is 58.0 Å². The van der Waals surface area contributed by atoms with Gasteiger partial charge in [-0.1, -0.05) is 64.1 Å². The first-order valence-corrected chi connectivity index (χ1v) is 9.44. The topological polar surface area (TPSA) is 49.7 Å². The van der Waals surface area contributed by atoms with Gasteiger partial charge in [0.25, 0.3) is 0 Å². The van der Waals surface area contributed by atoms with Crippen LogP contribution in [0.3, 0.4) is 0 Å². The van der Waals surface area contributed by atoms with E-state index >= 15 is 0 Å². The summed E-state index contributed by atoms with van der Waals surface area (Å²) in [5.41, 5.74) is 1.72. The molecule has 0 spiro atoms. The average Bonchev–Trinajstić information content (AvgIpc) is 2.59. The third-order valence-corrected chi connectivity index (χ3v) is 5.13. The highest BCUT2D eigenvalue weighted by atomic mass is 35.5. The van der Waals surface area contributed by atoms with Crippen LogP contribution in [0.1, 0.15) is 11.1 Å². The summed E-state index contributed by atoms with van der Waals surface area (Å²) >= 11 is 30.4. The maximum atomic E-state index is 9.62. The summed E-state index contributed by atoms with van der Waals surface area (Å²) in [6.07, 6.45) is 0.511. The van der Waals surface area contributed by atoms with Gasteiger partial charge < -0.3 is 14.9 Å². The summed E-state index contributed by atoms with van der Waals surface area (Å²) < 4.78 is 5.70. The molecule has 3 aromatic rings. The lowest BCUT2D eigenvalue weighted by Gasteiger charge is -2.13. The fourth-order valence-electron chi connectivity index (χ4n) is 2.43. The van der Waals surface area contributed by atoms with Crippen LogP contribution in [0.4, 0.5) is 0 Å². The first-order valence-electron chi connectivity index (χ1n) is 7.55. The van der Waals surface area contributed by atoms with Crippen molar-refractivity contribution < 1.29 is 14.9 Å². The van der Waals surface area contributed by atoms with Crippen molar-refractivity contribution in [1.82, 2.24) is 0 Å². The molecular weight excluding hydrogens is 453 g/mol. The van der Waals surface area contributed by atoms with Crippen molar-refractivity contribution in [2.75, 3.05) is 0 Å². The van der Waals surface area contributed by atoms with E-state index in [9.17, 15) is 10.2 Å². The van der Waals surface area contributed by atoms with Crippen molar-refractivity contribution in [3.8, 4) is 23.0 Å². The highest BCUT2D eigenvalue weighted by molar-refractivity contribution is 6.38. The minimum Gasteiger partial charge on any atom is -0.506 e. The Bertz CT molecular complexity index is 974. The monoisotopic (exact) mass is 462 g/mol. The van der Waals surface area contributed by atoms with Gasteiger partial charge in [0.2, 0.25) is 0 Å². The largest absolute Gasteiger partial charge is 0.506 e. The van der Waals surface area contributed by atoms with Gasteiger partial charge in [0, 0.05) is 12.1 Å². The van der Waals surface area contributed by atoms with E-state index in [1.54, 1.807) is 24.3 Å². The number of phenols is 2. The second kappa shape index (κ2) is 8.26. The number of benzene rings is 3. The van der Waals surface area contributed by atoms with E-state index in [1.165, 1.54) is 18.2 Å². The van der Waals surface area contributed by atoms with Crippen molar-refractivity contribution in [3.63, 3.8) is 0 Å². The molecule has 0 aliphatic rings. The zero-order chi connectivity index (χ0) is 19.7. The highest BCUT2D eigenvalue weighted by Gasteiger charge is 2.14. The maximum Gasteiger partial charge on any atom is 0.164 e. The lowest BCUT2D eigenvalue weighted by Crippen LogP contribution is -1.92. The Morgan fingerprint density at radius 2 is 1.22 bits per heavy atom. The number of phenolic OH excluding ortho intramolecular Hbond substituents is 2. The summed E-state index contributed by atoms with van der Waals surface area (Å²) in [6.45, 7) is 0. The zero-order valence-electron chi connectivity index (χ0n) is 13.4. The van der Waals surface area contributed by atoms with Gasteiger partial charge in [-0.05, 0) is 41.8 Å². The molecule has 0 aliphatic carbocycles. The Hall–Kier alpha value is -1.49. The number of rotatable bonds is 4. The van der Waals surface area contributed by atoms with Gasteiger partial charge in [-0.25, -0.2) is 0 Å². The molecule has 0 bridgehead atoms. The second-order valence-electron chi connectivity index (χ2n) is 5.69. The smallest absolute Gasteiger partial charge is 0.164 e. The third kappa shape index (κ3) is 4.68. The van der Waals surface area contributed by atoms with Crippen LogP contribution in [0.5, 0.6) is 23.0 Å².